The molecule has 1 aromatic heterocycles. The smallest absolute Gasteiger partial charge is 0.317 e. The molecule has 0 bridgehead atoms. The number of carbonyl (C=O) groups excluding carboxylic acids is 1. The Morgan fingerprint density at radius 1 is 1.05 bits per heavy atom. The first-order valence-electron chi connectivity index (χ1n) is 7.09. The molecule has 2 rings (SSSR count). The summed E-state index contributed by atoms with van der Waals surface area (Å²) in [6.07, 6.45) is 0.818. The Labute approximate surface area is 122 Å². The van der Waals surface area contributed by atoms with Gasteiger partial charge in [0, 0.05) is 13.1 Å². The van der Waals surface area contributed by atoms with E-state index >= 15 is 0 Å². The molecule has 1 aromatic carbocycles. The Bertz CT molecular complexity index is 774. The van der Waals surface area contributed by atoms with E-state index in [-0.39, 0.29) is 12.5 Å². The number of aryl methyl sites for hydroxylation is 1. The van der Waals surface area contributed by atoms with E-state index in [2.05, 4.69) is 5.32 Å². The van der Waals surface area contributed by atoms with Gasteiger partial charge in [0.15, 0.2) is 0 Å². The summed E-state index contributed by atoms with van der Waals surface area (Å²) in [4.78, 5) is 36.2. The number of amides is 1. The zero-order valence-corrected chi connectivity index (χ0v) is 12.3. The molecule has 6 heteroatoms. The standard InChI is InChI=1S/C15H19N3O3/c1-3-9-16-13(19)10-18-12-8-6-5-7-11(12)17(4-2)14(20)15(18)21/h5-8H,3-4,9-10H2,1-2H3,(H,16,19). The number of hydrogen-bond donors (Lipinski definition) is 1. The summed E-state index contributed by atoms with van der Waals surface area (Å²) in [6.45, 7) is 4.59. The van der Waals surface area contributed by atoms with Crippen molar-refractivity contribution in [1.29, 1.82) is 0 Å². The number of hydrogen-bond acceptors (Lipinski definition) is 3. The summed E-state index contributed by atoms with van der Waals surface area (Å²) in [5, 5.41) is 2.71. The zero-order valence-electron chi connectivity index (χ0n) is 12.3. The third-order valence-corrected chi connectivity index (χ3v) is 3.33. The van der Waals surface area contributed by atoms with Crippen molar-refractivity contribution in [3.63, 3.8) is 0 Å². The van der Waals surface area contributed by atoms with Gasteiger partial charge in [-0.25, -0.2) is 0 Å². The predicted molar refractivity (Wildman–Crippen MR) is 81.4 cm³/mol. The van der Waals surface area contributed by atoms with Crippen LogP contribution in [0.3, 0.4) is 0 Å². The summed E-state index contributed by atoms with van der Waals surface area (Å²) < 4.78 is 2.67. The van der Waals surface area contributed by atoms with Crippen LogP contribution in [0.2, 0.25) is 0 Å². The highest BCUT2D eigenvalue weighted by atomic mass is 16.2. The second kappa shape index (κ2) is 6.39. The van der Waals surface area contributed by atoms with Crippen molar-refractivity contribution in [2.45, 2.75) is 33.4 Å². The van der Waals surface area contributed by atoms with Crippen molar-refractivity contribution in [2.75, 3.05) is 6.54 Å². The van der Waals surface area contributed by atoms with Crippen molar-refractivity contribution in [3.8, 4) is 0 Å². The van der Waals surface area contributed by atoms with Crippen molar-refractivity contribution < 1.29 is 4.79 Å². The molecule has 0 aliphatic rings. The summed E-state index contributed by atoms with van der Waals surface area (Å²) >= 11 is 0. The fourth-order valence-corrected chi connectivity index (χ4v) is 2.31. The normalized spacial score (nSPS) is 10.8. The molecule has 0 aliphatic heterocycles. The number of nitrogens with zero attached hydrogens (tertiary/aromatic N) is 2. The number of benzene rings is 1. The monoisotopic (exact) mass is 289 g/mol. The highest BCUT2D eigenvalue weighted by Gasteiger charge is 2.13. The van der Waals surface area contributed by atoms with Crippen LogP contribution in [0, 0.1) is 0 Å². The summed E-state index contributed by atoms with van der Waals surface area (Å²) in [7, 11) is 0. The molecular formula is C15H19N3O3. The van der Waals surface area contributed by atoms with Crippen LogP contribution in [-0.2, 0) is 17.9 Å². The number of carbonyl (C=O) groups is 1. The number of nitrogens with one attached hydrogen (secondary N) is 1. The van der Waals surface area contributed by atoms with Crippen LogP contribution in [0.4, 0.5) is 0 Å². The van der Waals surface area contributed by atoms with E-state index in [1.54, 1.807) is 24.3 Å². The highest BCUT2D eigenvalue weighted by molar-refractivity contribution is 5.80. The molecule has 2 aromatic rings. The van der Waals surface area contributed by atoms with E-state index in [1.807, 2.05) is 13.8 Å². The fraction of sp³-hybridized carbons (Fsp3) is 0.400. The van der Waals surface area contributed by atoms with Gasteiger partial charge in [0.25, 0.3) is 0 Å². The maximum atomic E-state index is 12.2. The molecular weight excluding hydrogens is 270 g/mol. The van der Waals surface area contributed by atoms with Gasteiger partial charge in [-0.15, -0.1) is 0 Å². The maximum Gasteiger partial charge on any atom is 0.317 e. The Balaban J connectivity index is 2.59. The first kappa shape index (κ1) is 15.0. The quantitative estimate of drug-likeness (QED) is 0.824. The van der Waals surface area contributed by atoms with Crippen LogP contribution >= 0.6 is 0 Å². The van der Waals surface area contributed by atoms with Gasteiger partial charge in [-0.3, -0.25) is 19.0 Å². The SMILES string of the molecule is CCCNC(=O)Cn1c(=O)c(=O)n(CC)c2ccccc21. The lowest BCUT2D eigenvalue weighted by Crippen LogP contribution is -2.43. The van der Waals surface area contributed by atoms with Gasteiger partial charge in [-0.1, -0.05) is 19.1 Å². The Kier molecular flexibility index (Phi) is 4.57. The lowest BCUT2D eigenvalue weighted by molar-refractivity contribution is -0.121. The van der Waals surface area contributed by atoms with Crippen molar-refractivity contribution in [1.82, 2.24) is 14.5 Å². The molecule has 1 heterocycles. The molecule has 0 fully saturated rings. The molecule has 0 saturated heterocycles. The molecule has 0 aliphatic carbocycles. The third kappa shape index (κ3) is 2.89. The summed E-state index contributed by atoms with van der Waals surface area (Å²) in [5.41, 5.74) is -0.00909. The van der Waals surface area contributed by atoms with Crippen LogP contribution in [-0.4, -0.2) is 21.6 Å². The van der Waals surface area contributed by atoms with Gasteiger partial charge in [-0.2, -0.15) is 0 Å². The van der Waals surface area contributed by atoms with E-state index in [0.29, 0.717) is 24.1 Å². The van der Waals surface area contributed by atoms with Crippen LogP contribution in [0.25, 0.3) is 11.0 Å². The third-order valence-electron chi connectivity index (χ3n) is 3.33. The van der Waals surface area contributed by atoms with Crippen molar-refractivity contribution >= 4 is 16.9 Å². The minimum atomic E-state index is -0.665. The van der Waals surface area contributed by atoms with Crippen molar-refractivity contribution in [2.24, 2.45) is 0 Å². The van der Waals surface area contributed by atoms with Gasteiger partial charge in [-0.05, 0) is 25.5 Å². The lowest BCUT2D eigenvalue weighted by atomic mass is 10.2. The highest BCUT2D eigenvalue weighted by Crippen LogP contribution is 2.10. The van der Waals surface area contributed by atoms with Gasteiger partial charge in [0.2, 0.25) is 5.91 Å². The van der Waals surface area contributed by atoms with Gasteiger partial charge in [0.05, 0.1) is 11.0 Å². The number of fused-ring (bicyclic) bond motifs is 1. The first-order valence-corrected chi connectivity index (χ1v) is 7.09. The average Bonchev–Trinajstić information content (AvgIpc) is 2.50. The molecule has 0 spiro atoms. The molecule has 0 unspecified atom stereocenters. The van der Waals surface area contributed by atoms with Crippen LogP contribution in [0.15, 0.2) is 33.9 Å². The van der Waals surface area contributed by atoms with Gasteiger partial charge in [0.1, 0.15) is 6.54 Å². The molecule has 0 radical (unpaired) electrons. The van der Waals surface area contributed by atoms with Crippen LogP contribution in [0.1, 0.15) is 20.3 Å². The molecule has 1 amide bonds. The van der Waals surface area contributed by atoms with E-state index in [0.717, 1.165) is 6.42 Å². The fourth-order valence-electron chi connectivity index (χ4n) is 2.31. The van der Waals surface area contributed by atoms with E-state index < -0.39 is 11.1 Å². The van der Waals surface area contributed by atoms with Gasteiger partial charge >= 0.3 is 11.1 Å². The molecule has 6 nitrogen and oxygen atoms in total. The molecule has 0 atom stereocenters. The van der Waals surface area contributed by atoms with Crippen molar-refractivity contribution in [3.05, 3.63) is 45.0 Å². The van der Waals surface area contributed by atoms with Gasteiger partial charge < -0.3 is 9.88 Å². The molecule has 112 valence electrons. The van der Waals surface area contributed by atoms with E-state index in [4.69, 9.17) is 0 Å². The number of aromatic nitrogens is 2. The first-order chi connectivity index (χ1) is 10.1. The van der Waals surface area contributed by atoms with E-state index in [9.17, 15) is 14.4 Å². The predicted octanol–water partition coefficient (Wildman–Crippen LogP) is 0.709. The second-order valence-electron chi connectivity index (χ2n) is 4.78. The number of para-hydroxylation sites is 2. The largest absolute Gasteiger partial charge is 0.355 e. The second-order valence-corrected chi connectivity index (χ2v) is 4.78. The topological polar surface area (TPSA) is 73.1 Å². The lowest BCUT2D eigenvalue weighted by Gasteiger charge is -2.13. The zero-order chi connectivity index (χ0) is 15.4. The summed E-state index contributed by atoms with van der Waals surface area (Å²) in [5.74, 6) is -0.266. The minimum absolute atomic E-state index is 0.140. The Morgan fingerprint density at radius 3 is 2.19 bits per heavy atom. The summed E-state index contributed by atoms with van der Waals surface area (Å²) in [6, 6.07) is 7.11. The van der Waals surface area contributed by atoms with Crippen LogP contribution < -0.4 is 16.4 Å². The Hall–Kier alpha value is -2.37. The Morgan fingerprint density at radius 2 is 1.62 bits per heavy atom. The molecule has 21 heavy (non-hydrogen) atoms. The molecule has 0 saturated carbocycles. The van der Waals surface area contributed by atoms with Crippen LogP contribution in [0.5, 0.6) is 0 Å². The molecule has 1 N–H and O–H groups in total. The maximum absolute atomic E-state index is 12.2. The minimum Gasteiger partial charge on any atom is -0.355 e. The van der Waals surface area contributed by atoms with E-state index in [1.165, 1.54) is 9.13 Å². The average molecular weight is 289 g/mol. The number of rotatable bonds is 5.